The zero-order chi connectivity index (χ0) is 19.9. The molecular weight excluding hydrogens is 384 g/mol. The summed E-state index contributed by atoms with van der Waals surface area (Å²) >= 11 is 5.88. The van der Waals surface area contributed by atoms with Crippen LogP contribution >= 0.6 is 11.6 Å². The summed E-state index contributed by atoms with van der Waals surface area (Å²) in [5, 5.41) is 5.30. The van der Waals surface area contributed by atoms with Crippen LogP contribution in [0.15, 0.2) is 12.3 Å². The Morgan fingerprint density at radius 3 is 2.75 bits per heavy atom. The highest BCUT2D eigenvalue weighted by molar-refractivity contribution is 6.28. The third-order valence-electron chi connectivity index (χ3n) is 5.86. The standard InChI is InChI=1S/C18H23ClN6O3/c1-11-10-24(8-9-25(11)13-5-7-20-16(19)21-13)14(26)4-6-18(12-2-3-12)15(27)22-17(28)23-18/h5,7,11-12H,2-4,6,8-10H2,1H3,(H2,22,23,27,28)/t11-,18?/m0/s1. The maximum atomic E-state index is 12.8. The summed E-state index contributed by atoms with van der Waals surface area (Å²) in [6.45, 7) is 3.81. The van der Waals surface area contributed by atoms with E-state index < -0.39 is 11.6 Å². The molecule has 3 heterocycles. The van der Waals surface area contributed by atoms with Crippen LogP contribution in [-0.4, -0.2) is 63.9 Å². The number of carbonyl (C=O) groups is 3. The van der Waals surface area contributed by atoms with Crippen LogP contribution in [0.2, 0.25) is 5.28 Å². The molecule has 10 heteroatoms. The Hall–Kier alpha value is -2.42. The molecule has 1 saturated carbocycles. The second kappa shape index (κ2) is 7.20. The molecule has 1 aromatic heterocycles. The van der Waals surface area contributed by atoms with Gasteiger partial charge in [0, 0.05) is 38.3 Å². The fourth-order valence-electron chi connectivity index (χ4n) is 4.22. The monoisotopic (exact) mass is 406 g/mol. The highest BCUT2D eigenvalue weighted by Gasteiger charge is 2.55. The number of hydrogen-bond donors (Lipinski definition) is 2. The molecule has 3 aliphatic rings. The molecule has 0 aromatic carbocycles. The Bertz CT molecular complexity index is 816. The Morgan fingerprint density at radius 2 is 2.14 bits per heavy atom. The number of halogens is 1. The van der Waals surface area contributed by atoms with Gasteiger partial charge in [-0.2, -0.15) is 0 Å². The van der Waals surface area contributed by atoms with Gasteiger partial charge in [0.25, 0.3) is 5.91 Å². The average molecular weight is 407 g/mol. The third-order valence-corrected chi connectivity index (χ3v) is 6.04. The van der Waals surface area contributed by atoms with Gasteiger partial charge >= 0.3 is 6.03 Å². The molecule has 0 radical (unpaired) electrons. The minimum Gasteiger partial charge on any atom is -0.350 e. The highest BCUT2D eigenvalue weighted by atomic mass is 35.5. The first-order chi connectivity index (χ1) is 13.4. The van der Waals surface area contributed by atoms with Crippen molar-refractivity contribution in [3.63, 3.8) is 0 Å². The van der Waals surface area contributed by atoms with E-state index in [1.54, 1.807) is 12.3 Å². The van der Waals surface area contributed by atoms with Crippen molar-refractivity contribution in [1.82, 2.24) is 25.5 Å². The number of amides is 4. The van der Waals surface area contributed by atoms with Gasteiger partial charge in [-0.1, -0.05) is 0 Å². The topological polar surface area (TPSA) is 108 Å². The van der Waals surface area contributed by atoms with E-state index in [0.29, 0.717) is 26.1 Å². The van der Waals surface area contributed by atoms with Crippen molar-refractivity contribution in [2.45, 2.75) is 44.2 Å². The van der Waals surface area contributed by atoms with Crippen LogP contribution in [0.25, 0.3) is 0 Å². The Labute approximate surface area is 167 Å². The molecular formula is C18H23ClN6O3. The number of nitrogens with one attached hydrogen (secondary N) is 2. The first kappa shape index (κ1) is 18.9. The number of nitrogens with zero attached hydrogens (tertiary/aromatic N) is 4. The van der Waals surface area contributed by atoms with Crippen molar-refractivity contribution in [3.8, 4) is 0 Å². The van der Waals surface area contributed by atoms with E-state index in [2.05, 4.69) is 25.5 Å². The largest absolute Gasteiger partial charge is 0.350 e. The van der Waals surface area contributed by atoms with E-state index in [-0.39, 0.29) is 35.5 Å². The Kier molecular flexibility index (Phi) is 4.86. The predicted octanol–water partition coefficient (Wildman–Crippen LogP) is 0.936. The summed E-state index contributed by atoms with van der Waals surface area (Å²) in [6, 6.07) is 1.42. The number of aromatic nitrogens is 2. The van der Waals surface area contributed by atoms with E-state index in [0.717, 1.165) is 18.7 Å². The molecule has 1 aliphatic carbocycles. The Balaban J connectivity index is 1.36. The van der Waals surface area contributed by atoms with Crippen LogP contribution in [0.1, 0.15) is 32.6 Å². The minimum atomic E-state index is -0.919. The van der Waals surface area contributed by atoms with Crippen molar-refractivity contribution < 1.29 is 14.4 Å². The van der Waals surface area contributed by atoms with Gasteiger partial charge in [-0.05, 0) is 49.8 Å². The SMILES string of the molecule is C[C@H]1CN(C(=O)CCC2(C3CC3)NC(=O)NC2=O)CCN1c1ccnc(Cl)n1. The summed E-state index contributed by atoms with van der Waals surface area (Å²) in [6.07, 6.45) is 3.99. The van der Waals surface area contributed by atoms with E-state index in [9.17, 15) is 14.4 Å². The van der Waals surface area contributed by atoms with Crippen molar-refractivity contribution in [3.05, 3.63) is 17.5 Å². The number of piperazine rings is 1. The lowest BCUT2D eigenvalue weighted by Crippen LogP contribution is -2.55. The van der Waals surface area contributed by atoms with E-state index in [1.807, 2.05) is 11.8 Å². The molecule has 2 saturated heterocycles. The lowest BCUT2D eigenvalue weighted by atomic mass is 9.87. The average Bonchev–Trinajstić information content (AvgIpc) is 3.46. The number of carbonyl (C=O) groups excluding carboxylic acids is 3. The van der Waals surface area contributed by atoms with Gasteiger partial charge in [-0.15, -0.1) is 0 Å². The molecule has 2 aliphatic heterocycles. The van der Waals surface area contributed by atoms with E-state index >= 15 is 0 Å². The van der Waals surface area contributed by atoms with Crippen LogP contribution in [0, 0.1) is 5.92 Å². The fourth-order valence-corrected chi connectivity index (χ4v) is 4.36. The number of imide groups is 1. The molecule has 3 fully saturated rings. The number of rotatable bonds is 5. The molecule has 1 aromatic rings. The highest BCUT2D eigenvalue weighted by Crippen LogP contribution is 2.43. The van der Waals surface area contributed by atoms with Gasteiger partial charge in [-0.25, -0.2) is 14.8 Å². The molecule has 4 rings (SSSR count). The second-order valence-corrected chi connectivity index (χ2v) is 8.06. The second-order valence-electron chi connectivity index (χ2n) is 7.72. The van der Waals surface area contributed by atoms with Crippen molar-refractivity contribution in [1.29, 1.82) is 0 Å². The van der Waals surface area contributed by atoms with Crippen LogP contribution in [0.5, 0.6) is 0 Å². The van der Waals surface area contributed by atoms with Gasteiger partial charge in [0.05, 0.1) is 0 Å². The normalized spacial score (nSPS) is 27.6. The van der Waals surface area contributed by atoms with Crippen molar-refractivity contribution >= 4 is 35.3 Å². The molecule has 150 valence electrons. The van der Waals surface area contributed by atoms with Crippen molar-refractivity contribution in [2.24, 2.45) is 5.92 Å². The maximum Gasteiger partial charge on any atom is 0.322 e. The van der Waals surface area contributed by atoms with Crippen LogP contribution < -0.4 is 15.5 Å². The molecule has 0 bridgehead atoms. The number of urea groups is 1. The van der Waals surface area contributed by atoms with E-state index in [1.165, 1.54) is 0 Å². The van der Waals surface area contributed by atoms with Crippen molar-refractivity contribution in [2.75, 3.05) is 24.5 Å². The summed E-state index contributed by atoms with van der Waals surface area (Å²) in [5.41, 5.74) is -0.919. The lowest BCUT2D eigenvalue weighted by molar-refractivity contribution is -0.133. The first-order valence-corrected chi connectivity index (χ1v) is 9.93. The van der Waals surface area contributed by atoms with Gasteiger partial charge < -0.3 is 15.1 Å². The molecule has 2 atom stereocenters. The molecule has 0 spiro atoms. The van der Waals surface area contributed by atoms with Crippen LogP contribution in [-0.2, 0) is 9.59 Å². The fraction of sp³-hybridized carbons (Fsp3) is 0.611. The first-order valence-electron chi connectivity index (χ1n) is 9.55. The quantitative estimate of drug-likeness (QED) is 0.556. The zero-order valence-corrected chi connectivity index (χ0v) is 16.4. The number of hydrogen-bond acceptors (Lipinski definition) is 6. The number of anilines is 1. The predicted molar refractivity (Wildman–Crippen MR) is 102 cm³/mol. The molecule has 1 unspecified atom stereocenters. The third kappa shape index (κ3) is 3.50. The van der Waals surface area contributed by atoms with E-state index in [4.69, 9.17) is 11.6 Å². The van der Waals surface area contributed by atoms with Gasteiger partial charge in [0.15, 0.2) is 0 Å². The summed E-state index contributed by atoms with van der Waals surface area (Å²) in [7, 11) is 0. The Morgan fingerprint density at radius 1 is 1.36 bits per heavy atom. The van der Waals surface area contributed by atoms with Gasteiger partial charge in [0.2, 0.25) is 11.2 Å². The molecule has 2 N–H and O–H groups in total. The molecule has 28 heavy (non-hydrogen) atoms. The lowest BCUT2D eigenvalue weighted by Gasteiger charge is -2.40. The van der Waals surface area contributed by atoms with Crippen LogP contribution in [0.3, 0.4) is 0 Å². The van der Waals surface area contributed by atoms with Gasteiger partial charge in [0.1, 0.15) is 11.4 Å². The zero-order valence-electron chi connectivity index (χ0n) is 15.7. The molecule has 9 nitrogen and oxygen atoms in total. The van der Waals surface area contributed by atoms with Crippen LogP contribution in [0.4, 0.5) is 10.6 Å². The molecule has 4 amide bonds. The maximum absolute atomic E-state index is 12.8. The summed E-state index contributed by atoms with van der Waals surface area (Å²) in [5.74, 6) is 0.579. The smallest absolute Gasteiger partial charge is 0.322 e. The van der Waals surface area contributed by atoms with Gasteiger partial charge in [-0.3, -0.25) is 14.9 Å². The minimum absolute atomic E-state index is 0.00111. The summed E-state index contributed by atoms with van der Waals surface area (Å²) in [4.78, 5) is 48.8. The summed E-state index contributed by atoms with van der Waals surface area (Å²) < 4.78 is 0.